The fraction of sp³-hybridized carbons (Fsp3) is 0.417. The van der Waals surface area contributed by atoms with Crippen molar-refractivity contribution in [3.05, 3.63) is 33.9 Å². The zero-order chi connectivity index (χ0) is 15.0. The number of nitro benzene ring substituents is 1. The summed E-state index contributed by atoms with van der Waals surface area (Å²) in [4.78, 5) is 22.2. The summed E-state index contributed by atoms with van der Waals surface area (Å²) in [5.41, 5.74) is 2.13. The van der Waals surface area contributed by atoms with Gasteiger partial charge in [0, 0.05) is 26.3 Å². The van der Waals surface area contributed by atoms with E-state index in [1.807, 2.05) is 0 Å². The van der Waals surface area contributed by atoms with E-state index in [0.29, 0.717) is 13.2 Å². The van der Waals surface area contributed by atoms with E-state index in [1.54, 1.807) is 7.11 Å². The highest BCUT2D eigenvalue weighted by Crippen LogP contribution is 2.27. The molecule has 1 aromatic carbocycles. The first-order chi connectivity index (χ1) is 9.61. The molecule has 1 amide bonds. The number of amides is 1. The second-order valence-corrected chi connectivity index (χ2v) is 4.06. The van der Waals surface area contributed by atoms with Crippen molar-refractivity contribution in [2.24, 2.45) is 5.84 Å². The van der Waals surface area contributed by atoms with E-state index in [9.17, 15) is 14.9 Å². The number of nitro groups is 1. The van der Waals surface area contributed by atoms with E-state index in [4.69, 9.17) is 10.6 Å². The highest BCUT2D eigenvalue weighted by Gasteiger charge is 2.20. The molecule has 0 aliphatic heterocycles. The molecular weight excluding hydrogens is 264 g/mol. The van der Waals surface area contributed by atoms with E-state index in [2.05, 4.69) is 10.7 Å². The van der Waals surface area contributed by atoms with Crippen molar-refractivity contribution in [2.75, 3.05) is 25.7 Å². The molecule has 0 bridgehead atoms. The molecule has 110 valence electrons. The molecule has 1 aromatic rings. The maximum Gasteiger partial charge on any atom is 0.294 e. The van der Waals surface area contributed by atoms with Gasteiger partial charge in [-0.15, -0.1) is 0 Å². The number of hydrogen-bond donors (Lipinski definition) is 3. The van der Waals surface area contributed by atoms with Crippen LogP contribution in [-0.2, 0) is 4.74 Å². The molecule has 0 heterocycles. The van der Waals surface area contributed by atoms with Gasteiger partial charge >= 0.3 is 0 Å². The number of nitrogens with zero attached hydrogens (tertiary/aromatic N) is 1. The van der Waals surface area contributed by atoms with Crippen LogP contribution in [-0.4, -0.2) is 31.1 Å². The van der Waals surface area contributed by atoms with Gasteiger partial charge in [-0.05, 0) is 18.9 Å². The van der Waals surface area contributed by atoms with Crippen molar-refractivity contribution >= 4 is 17.3 Å². The molecule has 1 rings (SSSR count). The minimum atomic E-state index is -0.593. The van der Waals surface area contributed by atoms with Gasteiger partial charge in [-0.1, -0.05) is 6.07 Å². The second-order valence-electron chi connectivity index (χ2n) is 4.06. The number of rotatable bonds is 8. The maximum absolute atomic E-state index is 12.0. The van der Waals surface area contributed by atoms with Gasteiger partial charge in [-0.25, -0.2) is 0 Å². The van der Waals surface area contributed by atoms with Gasteiger partial charge < -0.3 is 15.5 Å². The van der Waals surface area contributed by atoms with Crippen molar-refractivity contribution in [2.45, 2.75) is 12.8 Å². The number of carbonyl (C=O) groups is 1. The topological polar surface area (TPSA) is 120 Å². The predicted octanol–water partition coefficient (Wildman–Crippen LogP) is 1.04. The minimum Gasteiger partial charge on any atom is -0.385 e. The monoisotopic (exact) mass is 282 g/mol. The van der Waals surface area contributed by atoms with E-state index >= 15 is 0 Å². The van der Waals surface area contributed by atoms with Crippen molar-refractivity contribution in [3.63, 3.8) is 0 Å². The van der Waals surface area contributed by atoms with E-state index in [0.717, 1.165) is 12.8 Å². The summed E-state index contributed by atoms with van der Waals surface area (Å²) in [6.45, 7) is 1.09. The third-order valence-electron chi connectivity index (χ3n) is 2.69. The molecular formula is C12H18N4O4. The minimum absolute atomic E-state index is 0.00638. The van der Waals surface area contributed by atoms with Crippen LogP contribution in [0.3, 0.4) is 0 Å². The van der Waals surface area contributed by atoms with Gasteiger partial charge in [0.1, 0.15) is 5.69 Å². The van der Waals surface area contributed by atoms with Crippen molar-refractivity contribution < 1.29 is 14.5 Å². The molecule has 0 aliphatic carbocycles. The van der Waals surface area contributed by atoms with Gasteiger partial charge in [0.2, 0.25) is 0 Å². The molecule has 8 nitrogen and oxygen atoms in total. The number of nitrogens with two attached hydrogens (primary N) is 1. The van der Waals surface area contributed by atoms with Crippen LogP contribution >= 0.6 is 0 Å². The number of nitrogens with one attached hydrogen (secondary N) is 2. The lowest BCUT2D eigenvalue weighted by atomic mass is 10.1. The molecule has 0 spiro atoms. The summed E-state index contributed by atoms with van der Waals surface area (Å²) in [5, 5.41) is 13.5. The molecule has 20 heavy (non-hydrogen) atoms. The van der Waals surface area contributed by atoms with Crippen molar-refractivity contribution in [1.29, 1.82) is 0 Å². The van der Waals surface area contributed by atoms with E-state index < -0.39 is 10.8 Å². The zero-order valence-corrected chi connectivity index (χ0v) is 11.2. The highest BCUT2D eigenvalue weighted by atomic mass is 16.6. The molecule has 0 radical (unpaired) electrons. The summed E-state index contributed by atoms with van der Waals surface area (Å²) < 4.78 is 4.90. The molecule has 4 N–H and O–H groups in total. The fourth-order valence-electron chi connectivity index (χ4n) is 1.70. The highest BCUT2D eigenvalue weighted by molar-refractivity contribution is 6.01. The van der Waals surface area contributed by atoms with Crippen LogP contribution in [0.25, 0.3) is 0 Å². The standard InChI is InChI=1S/C12H18N4O4/c1-20-8-3-2-7-14-12(17)9-5-4-6-10(16(18)19)11(9)15-13/h4-6,15H,2-3,7-8,13H2,1H3,(H,14,17). The summed E-state index contributed by atoms with van der Waals surface area (Å²) in [6.07, 6.45) is 1.59. The number of hydrazine groups is 1. The molecule has 0 aliphatic rings. The second kappa shape index (κ2) is 8.08. The number of carbonyl (C=O) groups excluding carboxylic acids is 1. The van der Waals surface area contributed by atoms with Gasteiger partial charge in [0.05, 0.1) is 10.5 Å². The van der Waals surface area contributed by atoms with Crippen molar-refractivity contribution in [3.8, 4) is 0 Å². The molecule has 0 unspecified atom stereocenters. The Hall–Kier alpha value is -2.19. The third-order valence-corrected chi connectivity index (χ3v) is 2.69. The Morgan fingerprint density at radius 2 is 2.20 bits per heavy atom. The van der Waals surface area contributed by atoms with Crippen LogP contribution in [0.15, 0.2) is 18.2 Å². The first-order valence-corrected chi connectivity index (χ1v) is 6.13. The van der Waals surface area contributed by atoms with E-state index in [1.165, 1.54) is 18.2 Å². The molecule has 8 heteroatoms. The summed E-state index contributed by atoms with van der Waals surface area (Å²) in [6, 6.07) is 4.20. The van der Waals surface area contributed by atoms with Gasteiger partial charge in [0.15, 0.2) is 0 Å². The quantitative estimate of drug-likeness (QED) is 0.283. The van der Waals surface area contributed by atoms with Crippen LogP contribution in [0.1, 0.15) is 23.2 Å². The number of nitrogen functional groups attached to an aromatic ring is 1. The molecule has 0 saturated heterocycles. The Morgan fingerprint density at radius 3 is 2.80 bits per heavy atom. The van der Waals surface area contributed by atoms with Crippen LogP contribution in [0.5, 0.6) is 0 Å². The number of benzene rings is 1. The zero-order valence-electron chi connectivity index (χ0n) is 11.2. The van der Waals surface area contributed by atoms with Gasteiger partial charge in [0.25, 0.3) is 11.6 Å². The summed E-state index contributed by atoms with van der Waals surface area (Å²) >= 11 is 0. The molecule has 0 saturated carbocycles. The van der Waals surface area contributed by atoms with Gasteiger partial charge in [-0.2, -0.15) is 0 Å². The third kappa shape index (κ3) is 4.18. The lowest BCUT2D eigenvalue weighted by molar-refractivity contribution is -0.384. The van der Waals surface area contributed by atoms with Gasteiger partial charge in [-0.3, -0.25) is 20.8 Å². The Bertz CT molecular complexity index is 479. The smallest absolute Gasteiger partial charge is 0.294 e. The molecule has 0 atom stereocenters. The number of unbranched alkanes of at least 4 members (excludes halogenated alkanes) is 1. The SMILES string of the molecule is COCCCCNC(=O)c1cccc([N+](=O)[O-])c1NN. The Morgan fingerprint density at radius 1 is 1.45 bits per heavy atom. The predicted molar refractivity (Wildman–Crippen MR) is 74.3 cm³/mol. The number of hydrogen-bond acceptors (Lipinski definition) is 6. The normalized spacial score (nSPS) is 10.1. The maximum atomic E-state index is 12.0. The average Bonchev–Trinajstić information content (AvgIpc) is 2.45. The molecule has 0 fully saturated rings. The van der Waals surface area contributed by atoms with E-state index in [-0.39, 0.29) is 16.9 Å². The van der Waals surface area contributed by atoms with Crippen molar-refractivity contribution in [1.82, 2.24) is 5.32 Å². The number of anilines is 1. The van der Waals surface area contributed by atoms with Crippen LogP contribution in [0.2, 0.25) is 0 Å². The van der Waals surface area contributed by atoms with Crippen LogP contribution in [0, 0.1) is 10.1 Å². The number of para-hydroxylation sites is 1. The number of ether oxygens (including phenoxy) is 1. The Balaban J connectivity index is 2.72. The molecule has 0 aromatic heterocycles. The first kappa shape index (κ1) is 15.9. The Labute approximate surface area is 116 Å². The van der Waals surface area contributed by atoms with Crippen LogP contribution in [0.4, 0.5) is 11.4 Å². The average molecular weight is 282 g/mol. The van der Waals surface area contributed by atoms with Crippen LogP contribution < -0.4 is 16.6 Å². The summed E-state index contributed by atoms with van der Waals surface area (Å²) in [7, 11) is 1.61. The lowest BCUT2D eigenvalue weighted by Gasteiger charge is -2.09. The number of methoxy groups -OCH3 is 1. The Kier molecular flexibility index (Phi) is 6.41. The lowest BCUT2D eigenvalue weighted by Crippen LogP contribution is -2.26. The first-order valence-electron chi connectivity index (χ1n) is 6.13. The summed E-state index contributed by atoms with van der Waals surface area (Å²) in [5.74, 6) is 4.87. The fourth-order valence-corrected chi connectivity index (χ4v) is 1.70. The largest absolute Gasteiger partial charge is 0.385 e.